The first-order valence-corrected chi connectivity index (χ1v) is 5.94. The number of aromatic amines is 1. The predicted molar refractivity (Wildman–Crippen MR) is 73.9 cm³/mol. The molecule has 104 valence electrons. The molecule has 0 aliphatic carbocycles. The van der Waals surface area contributed by atoms with Crippen molar-refractivity contribution in [2.24, 2.45) is 0 Å². The third-order valence-electron chi connectivity index (χ3n) is 2.34. The van der Waals surface area contributed by atoms with E-state index in [2.05, 4.69) is 25.9 Å². The maximum atomic E-state index is 11.6. The number of nitrogen functional groups attached to an aromatic ring is 1. The number of nitrogens with one attached hydrogen (secondary N) is 2. The smallest absolute Gasteiger partial charge is 0.270 e. The molecule has 0 aliphatic heterocycles. The summed E-state index contributed by atoms with van der Waals surface area (Å²) in [4.78, 5) is 11.6. The fourth-order valence-electron chi connectivity index (χ4n) is 1.50. The van der Waals surface area contributed by atoms with Gasteiger partial charge >= 0.3 is 0 Å². The molecule has 2 aromatic rings. The molecule has 1 heterocycles. The normalized spacial score (nSPS) is 10.7. The van der Waals surface area contributed by atoms with Crippen LogP contribution in [0, 0.1) is 0 Å². The van der Waals surface area contributed by atoms with Gasteiger partial charge in [-0.05, 0) is 35.9 Å². The Kier molecular flexibility index (Phi) is 4.28. The molecule has 0 fully saturated rings. The van der Waals surface area contributed by atoms with Crippen LogP contribution in [0.1, 0.15) is 12.5 Å². The fourth-order valence-corrected chi connectivity index (χ4v) is 1.50. The van der Waals surface area contributed by atoms with Gasteiger partial charge in [0.25, 0.3) is 11.9 Å². The fraction of sp³-hybridized carbons (Fsp3) is 0.167. The van der Waals surface area contributed by atoms with E-state index in [1.54, 1.807) is 24.3 Å². The highest BCUT2D eigenvalue weighted by Crippen LogP contribution is 2.23. The van der Waals surface area contributed by atoms with Gasteiger partial charge in [0.1, 0.15) is 5.75 Å². The lowest BCUT2D eigenvalue weighted by Crippen LogP contribution is -2.09. The lowest BCUT2D eigenvalue weighted by molar-refractivity contribution is -0.111. The largest absolute Gasteiger partial charge is 0.492 e. The zero-order chi connectivity index (χ0) is 14.4. The maximum Gasteiger partial charge on any atom is 0.270 e. The van der Waals surface area contributed by atoms with Gasteiger partial charge in [-0.1, -0.05) is 11.2 Å². The summed E-state index contributed by atoms with van der Waals surface area (Å²) in [6.07, 6.45) is 2.98. The molecule has 0 saturated heterocycles. The topological polar surface area (TPSA) is 119 Å². The minimum Gasteiger partial charge on any atom is -0.492 e. The summed E-state index contributed by atoms with van der Waals surface area (Å²) in [5.41, 5.74) is 7.14. The Bertz CT molecular complexity index is 608. The summed E-state index contributed by atoms with van der Waals surface area (Å²) < 4.78 is 5.33. The number of anilines is 2. The monoisotopic (exact) mass is 274 g/mol. The lowest BCUT2D eigenvalue weighted by atomic mass is 10.1. The molecule has 1 aromatic carbocycles. The molecule has 0 atom stereocenters. The van der Waals surface area contributed by atoms with Crippen molar-refractivity contribution in [3.05, 3.63) is 29.8 Å². The van der Waals surface area contributed by atoms with E-state index in [0.717, 1.165) is 5.56 Å². The average Bonchev–Trinajstić information content (AvgIpc) is 2.92. The number of hydrogen-bond donors (Lipinski definition) is 3. The van der Waals surface area contributed by atoms with E-state index in [0.29, 0.717) is 18.0 Å². The van der Waals surface area contributed by atoms with Gasteiger partial charge in [-0.25, -0.2) is 0 Å². The van der Waals surface area contributed by atoms with E-state index >= 15 is 0 Å². The molecule has 0 saturated carbocycles. The quantitative estimate of drug-likeness (QED) is 0.549. The second kappa shape index (κ2) is 6.32. The van der Waals surface area contributed by atoms with Gasteiger partial charge in [0.05, 0.1) is 12.3 Å². The highest BCUT2D eigenvalue weighted by molar-refractivity contribution is 6.00. The van der Waals surface area contributed by atoms with E-state index in [-0.39, 0.29) is 11.9 Å². The Hall–Kier alpha value is -2.90. The molecule has 1 amide bonds. The third-order valence-corrected chi connectivity index (χ3v) is 2.34. The van der Waals surface area contributed by atoms with Gasteiger partial charge in [-0.3, -0.25) is 10.1 Å². The number of carbonyl (C=O) groups is 1. The molecule has 1 aromatic heterocycles. The van der Waals surface area contributed by atoms with Crippen molar-refractivity contribution >= 4 is 23.6 Å². The Morgan fingerprint density at radius 1 is 1.55 bits per heavy atom. The first kappa shape index (κ1) is 13.5. The van der Waals surface area contributed by atoms with E-state index in [4.69, 9.17) is 10.5 Å². The van der Waals surface area contributed by atoms with Gasteiger partial charge in [-0.15, -0.1) is 5.10 Å². The number of H-pyrrole nitrogens is 1. The Morgan fingerprint density at radius 2 is 2.40 bits per heavy atom. The number of hydrogen-bond acceptors (Lipinski definition) is 6. The number of benzene rings is 1. The first-order valence-electron chi connectivity index (χ1n) is 5.94. The van der Waals surface area contributed by atoms with Crippen LogP contribution in [0.15, 0.2) is 24.3 Å². The van der Waals surface area contributed by atoms with Gasteiger partial charge < -0.3 is 10.5 Å². The molecule has 4 N–H and O–H groups in total. The van der Waals surface area contributed by atoms with Crippen LogP contribution >= 0.6 is 0 Å². The number of amides is 1. The first-order chi connectivity index (χ1) is 9.69. The number of aromatic nitrogens is 4. The zero-order valence-electron chi connectivity index (χ0n) is 10.8. The van der Waals surface area contributed by atoms with Gasteiger partial charge in [-0.2, -0.15) is 5.21 Å². The summed E-state index contributed by atoms with van der Waals surface area (Å²) in [6, 6.07) is 5.29. The molecule has 0 unspecified atom stereocenters. The molecule has 8 heteroatoms. The molecule has 8 nitrogen and oxygen atoms in total. The summed E-state index contributed by atoms with van der Waals surface area (Å²) in [7, 11) is 0. The van der Waals surface area contributed by atoms with Crippen LogP contribution in [-0.4, -0.2) is 33.1 Å². The van der Waals surface area contributed by atoms with Crippen LogP contribution in [0.2, 0.25) is 0 Å². The number of carbonyl (C=O) groups excluding carboxylic acids is 1. The SMILES string of the molecule is CCOc1ccc(/C=C\C(=O)Nc2nn[nH]n2)cc1N. The molecule has 2 rings (SSSR count). The highest BCUT2D eigenvalue weighted by atomic mass is 16.5. The maximum absolute atomic E-state index is 11.6. The molecular weight excluding hydrogens is 260 g/mol. The molecule has 0 spiro atoms. The number of ether oxygens (including phenoxy) is 1. The van der Waals surface area contributed by atoms with Crippen LogP contribution in [-0.2, 0) is 4.79 Å². The van der Waals surface area contributed by atoms with Crippen LogP contribution in [0.3, 0.4) is 0 Å². The van der Waals surface area contributed by atoms with Crippen molar-refractivity contribution in [3.63, 3.8) is 0 Å². The van der Waals surface area contributed by atoms with E-state index in [1.165, 1.54) is 6.08 Å². The van der Waals surface area contributed by atoms with E-state index < -0.39 is 0 Å². The minimum absolute atomic E-state index is 0.117. The van der Waals surface area contributed by atoms with Crippen LogP contribution < -0.4 is 15.8 Å². The molecule has 0 radical (unpaired) electrons. The second-order valence-electron chi connectivity index (χ2n) is 3.79. The van der Waals surface area contributed by atoms with E-state index in [1.807, 2.05) is 6.92 Å². The standard InChI is InChI=1S/C12H14N6O2/c1-2-20-10-5-3-8(7-9(10)13)4-6-11(19)14-12-15-17-18-16-12/h3-7H,2,13H2,1H3,(H2,14,15,16,17,18,19)/b6-4-. The van der Waals surface area contributed by atoms with Crippen molar-refractivity contribution in [3.8, 4) is 5.75 Å². The summed E-state index contributed by atoms with van der Waals surface area (Å²) in [6.45, 7) is 2.43. The lowest BCUT2D eigenvalue weighted by Gasteiger charge is -2.06. The van der Waals surface area contributed by atoms with E-state index in [9.17, 15) is 4.79 Å². The van der Waals surface area contributed by atoms with Crippen molar-refractivity contribution < 1.29 is 9.53 Å². The highest BCUT2D eigenvalue weighted by Gasteiger charge is 2.02. The molecule has 20 heavy (non-hydrogen) atoms. The summed E-state index contributed by atoms with van der Waals surface area (Å²) >= 11 is 0. The van der Waals surface area contributed by atoms with Crippen molar-refractivity contribution in [2.75, 3.05) is 17.7 Å². The summed E-state index contributed by atoms with van der Waals surface area (Å²) in [5, 5.41) is 15.2. The van der Waals surface area contributed by atoms with Crippen molar-refractivity contribution in [1.82, 2.24) is 20.6 Å². The number of nitrogens with two attached hydrogens (primary N) is 1. The van der Waals surface area contributed by atoms with Gasteiger partial charge in [0.2, 0.25) is 0 Å². The van der Waals surface area contributed by atoms with Crippen LogP contribution in [0.4, 0.5) is 11.6 Å². The van der Waals surface area contributed by atoms with Crippen molar-refractivity contribution in [2.45, 2.75) is 6.92 Å². The Morgan fingerprint density at radius 3 is 3.05 bits per heavy atom. The number of tetrazole rings is 1. The minimum atomic E-state index is -0.362. The average molecular weight is 274 g/mol. The van der Waals surface area contributed by atoms with Crippen LogP contribution in [0.5, 0.6) is 5.75 Å². The van der Waals surface area contributed by atoms with Gasteiger partial charge in [0, 0.05) is 6.08 Å². The molecular formula is C12H14N6O2. The molecule has 0 bridgehead atoms. The number of nitrogens with zero attached hydrogens (tertiary/aromatic N) is 3. The second-order valence-corrected chi connectivity index (χ2v) is 3.79. The Balaban J connectivity index is 2.00. The predicted octanol–water partition coefficient (Wildman–Crippen LogP) is 0.832. The van der Waals surface area contributed by atoms with Gasteiger partial charge in [0.15, 0.2) is 0 Å². The molecule has 0 aliphatic rings. The van der Waals surface area contributed by atoms with Crippen molar-refractivity contribution in [1.29, 1.82) is 0 Å². The Labute approximate surface area is 115 Å². The zero-order valence-corrected chi connectivity index (χ0v) is 10.8. The van der Waals surface area contributed by atoms with Crippen LogP contribution in [0.25, 0.3) is 6.08 Å². The third kappa shape index (κ3) is 3.55. The number of rotatable bonds is 5. The summed E-state index contributed by atoms with van der Waals surface area (Å²) in [5.74, 6) is 0.380.